The maximum absolute atomic E-state index is 4.02. The summed E-state index contributed by atoms with van der Waals surface area (Å²) in [6.07, 6.45) is 7.31. The Hall–Kier alpha value is -2.15. The number of pyridine rings is 1. The minimum atomic E-state index is 1.10. The summed E-state index contributed by atoms with van der Waals surface area (Å²) in [6, 6.07) is 10.1. The van der Waals surface area contributed by atoms with Gasteiger partial charge in [-0.25, -0.2) is 0 Å². The van der Waals surface area contributed by atoms with Crippen LogP contribution in [0.1, 0.15) is 11.1 Å². The van der Waals surface area contributed by atoms with Gasteiger partial charge in [-0.3, -0.25) is 4.98 Å². The smallest absolute Gasteiger partial charge is 0.0273 e. The molecule has 16 heavy (non-hydrogen) atoms. The number of hydrogen-bond donors (Lipinski definition) is 0. The van der Waals surface area contributed by atoms with E-state index in [1.807, 2.05) is 36.4 Å². The van der Waals surface area contributed by atoms with Gasteiger partial charge in [0.2, 0.25) is 0 Å². The molecule has 0 bridgehead atoms. The normalized spacial score (nSPS) is 9.75. The predicted octanol–water partition coefficient (Wildman–Crippen LogP) is 4.03. The zero-order valence-corrected chi connectivity index (χ0v) is 9.06. The second-order valence-electron chi connectivity index (χ2n) is 3.45. The van der Waals surface area contributed by atoms with Gasteiger partial charge >= 0.3 is 0 Å². The van der Waals surface area contributed by atoms with Crippen molar-refractivity contribution in [2.45, 2.75) is 0 Å². The zero-order valence-electron chi connectivity index (χ0n) is 9.06. The molecule has 0 spiro atoms. The van der Waals surface area contributed by atoms with Crippen molar-refractivity contribution in [3.05, 3.63) is 67.0 Å². The SMILES string of the molecule is C=Cc1cccc(-c2ccncc2)c1C=C. The molecule has 0 N–H and O–H groups in total. The molecule has 1 heterocycles. The van der Waals surface area contributed by atoms with Crippen molar-refractivity contribution in [3.8, 4) is 11.1 Å². The van der Waals surface area contributed by atoms with E-state index < -0.39 is 0 Å². The van der Waals surface area contributed by atoms with Crippen molar-refractivity contribution in [2.75, 3.05) is 0 Å². The highest BCUT2D eigenvalue weighted by Gasteiger charge is 2.04. The molecule has 78 valence electrons. The number of rotatable bonds is 3. The molecule has 0 aliphatic rings. The van der Waals surface area contributed by atoms with Crippen molar-refractivity contribution in [3.63, 3.8) is 0 Å². The first-order valence-electron chi connectivity index (χ1n) is 5.15. The van der Waals surface area contributed by atoms with Gasteiger partial charge in [-0.2, -0.15) is 0 Å². The van der Waals surface area contributed by atoms with Crippen molar-refractivity contribution >= 4 is 12.2 Å². The molecule has 0 aliphatic carbocycles. The van der Waals surface area contributed by atoms with Crippen LogP contribution in [0.4, 0.5) is 0 Å². The van der Waals surface area contributed by atoms with E-state index in [1.165, 1.54) is 0 Å². The van der Waals surface area contributed by atoms with Gasteiger partial charge in [-0.05, 0) is 34.4 Å². The monoisotopic (exact) mass is 207 g/mol. The molecule has 2 aromatic rings. The van der Waals surface area contributed by atoms with Crippen LogP contribution in [0, 0.1) is 0 Å². The third kappa shape index (κ3) is 1.80. The second-order valence-corrected chi connectivity index (χ2v) is 3.45. The molecule has 0 unspecified atom stereocenters. The highest BCUT2D eigenvalue weighted by Crippen LogP contribution is 2.27. The Morgan fingerprint density at radius 2 is 1.69 bits per heavy atom. The molecule has 2 rings (SSSR count). The third-order valence-corrected chi connectivity index (χ3v) is 2.56. The molecule has 1 aromatic carbocycles. The molecule has 1 aromatic heterocycles. The molecule has 1 heteroatoms. The summed E-state index contributed by atoms with van der Waals surface area (Å²) < 4.78 is 0. The molecule has 0 saturated carbocycles. The Balaban J connectivity index is 2.66. The van der Waals surface area contributed by atoms with Crippen LogP contribution in [0.3, 0.4) is 0 Å². The Morgan fingerprint density at radius 3 is 2.31 bits per heavy atom. The molecule has 0 amide bonds. The van der Waals surface area contributed by atoms with E-state index in [2.05, 4.69) is 24.2 Å². The van der Waals surface area contributed by atoms with Crippen LogP contribution in [-0.4, -0.2) is 4.98 Å². The maximum Gasteiger partial charge on any atom is 0.0273 e. The van der Waals surface area contributed by atoms with Crippen LogP contribution in [-0.2, 0) is 0 Å². The predicted molar refractivity (Wildman–Crippen MR) is 69.9 cm³/mol. The summed E-state index contributed by atoms with van der Waals surface area (Å²) >= 11 is 0. The standard InChI is InChI=1S/C15H13N/c1-3-12-6-5-7-15(14(12)4-2)13-8-10-16-11-9-13/h3-11H,1-2H2. The Kier molecular flexibility index (Phi) is 2.97. The van der Waals surface area contributed by atoms with E-state index in [0.717, 1.165) is 22.3 Å². The number of hydrogen-bond acceptors (Lipinski definition) is 1. The minimum absolute atomic E-state index is 1.10. The average Bonchev–Trinajstić information content (AvgIpc) is 2.38. The number of aromatic nitrogens is 1. The highest BCUT2D eigenvalue weighted by atomic mass is 14.6. The quantitative estimate of drug-likeness (QED) is 0.740. The van der Waals surface area contributed by atoms with Crippen LogP contribution in [0.5, 0.6) is 0 Å². The van der Waals surface area contributed by atoms with E-state index in [-0.39, 0.29) is 0 Å². The minimum Gasteiger partial charge on any atom is -0.265 e. The van der Waals surface area contributed by atoms with Crippen molar-refractivity contribution in [2.24, 2.45) is 0 Å². The second kappa shape index (κ2) is 4.58. The largest absolute Gasteiger partial charge is 0.265 e. The van der Waals surface area contributed by atoms with E-state index in [0.29, 0.717) is 0 Å². The fourth-order valence-corrected chi connectivity index (χ4v) is 1.77. The molecule has 0 atom stereocenters. The first-order chi connectivity index (χ1) is 7.86. The van der Waals surface area contributed by atoms with Gasteiger partial charge in [0.25, 0.3) is 0 Å². The summed E-state index contributed by atoms with van der Waals surface area (Å²) in [5, 5.41) is 0. The first-order valence-corrected chi connectivity index (χ1v) is 5.15. The zero-order chi connectivity index (χ0) is 11.4. The van der Waals surface area contributed by atoms with Gasteiger partial charge in [0.1, 0.15) is 0 Å². The van der Waals surface area contributed by atoms with Gasteiger partial charge in [0.05, 0.1) is 0 Å². The van der Waals surface area contributed by atoms with Crippen LogP contribution in [0.15, 0.2) is 55.9 Å². The highest BCUT2D eigenvalue weighted by molar-refractivity contribution is 5.80. The summed E-state index contributed by atoms with van der Waals surface area (Å²) in [5.41, 5.74) is 4.52. The van der Waals surface area contributed by atoms with E-state index in [9.17, 15) is 0 Å². The van der Waals surface area contributed by atoms with Crippen LogP contribution >= 0.6 is 0 Å². The lowest BCUT2D eigenvalue weighted by atomic mass is 9.96. The Bertz CT molecular complexity index is 512. The van der Waals surface area contributed by atoms with Crippen LogP contribution < -0.4 is 0 Å². The molecular formula is C15H13N. The van der Waals surface area contributed by atoms with E-state index >= 15 is 0 Å². The van der Waals surface area contributed by atoms with Gasteiger partial charge in [-0.15, -0.1) is 0 Å². The lowest BCUT2D eigenvalue weighted by Gasteiger charge is -2.09. The summed E-state index contributed by atoms with van der Waals surface area (Å²) in [4.78, 5) is 4.02. The molecule has 0 aliphatic heterocycles. The fourth-order valence-electron chi connectivity index (χ4n) is 1.77. The van der Waals surface area contributed by atoms with Gasteiger partial charge in [0.15, 0.2) is 0 Å². The van der Waals surface area contributed by atoms with Crippen LogP contribution in [0.25, 0.3) is 23.3 Å². The number of benzene rings is 1. The maximum atomic E-state index is 4.02. The van der Waals surface area contributed by atoms with Gasteiger partial charge in [0, 0.05) is 12.4 Å². The molecule has 0 radical (unpaired) electrons. The van der Waals surface area contributed by atoms with E-state index in [4.69, 9.17) is 0 Å². The fraction of sp³-hybridized carbons (Fsp3) is 0. The first kappa shape index (κ1) is 10.4. The summed E-state index contributed by atoms with van der Waals surface area (Å²) in [6.45, 7) is 7.68. The molecule has 0 saturated heterocycles. The van der Waals surface area contributed by atoms with Crippen LogP contribution in [0.2, 0.25) is 0 Å². The Morgan fingerprint density at radius 1 is 0.938 bits per heavy atom. The van der Waals surface area contributed by atoms with E-state index in [1.54, 1.807) is 12.4 Å². The van der Waals surface area contributed by atoms with Gasteiger partial charge in [-0.1, -0.05) is 43.5 Å². The summed E-state index contributed by atoms with van der Waals surface area (Å²) in [5.74, 6) is 0. The average molecular weight is 207 g/mol. The third-order valence-electron chi connectivity index (χ3n) is 2.56. The lowest BCUT2D eigenvalue weighted by molar-refractivity contribution is 1.33. The summed E-state index contributed by atoms with van der Waals surface area (Å²) in [7, 11) is 0. The molecular weight excluding hydrogens is 194 g/mol. The molecule has 1 nitrogen and oxygen atoms in total. The van der Waals surface area contributed by atoms with Crippen molar-refractivity contribution < 1.29 is 0 Å². The van der Waals surface area contributed by atoms with Crippen molar-refractivity contribution in [1.29, 1.82) is 0 Å². The Labute approximate surface area is 95.8 Å². The molecule has 0 fully saturated rings. The number of nitrogens with zero attached hydrogens (tertiary/aromatic N) is 1. The lowest BCUT2D eigenvalue weighted by Crippen LogP contribution is -1.87. The topological polar surface area (TPSA) is 12.9 Å². The van der Waals surface area contributed by atoms with Crippen molar-refractivity contribution in [1.82, 2.24) is 4.98 Å². The van der Waals surface area contributed by atoms with Gasteiger partial charge < -0.3 is 0 Å².